The molecule has 4 aliphatic carbocycles. The summed E-state index contributed by atoms with van der Waals surface area (Å²) in [6.07, 6.45) is 5.85. The Bertz CT molecular complexity index is 900. The smallest absolute Gasteiger partial charge is 0.302 e. The SMILES string of the molecule is CC(=O)OC1CC[C@@]2(C)[C@@H](C1)CC(OC(C)=O)[C@H]1[C@@H]3CC[C@H]([C@H](C)CCC(=O)[O-])C3C(OC(C)=O)C[C@@H]12. The number of hydrogen-bond donors (Lipinski definition) is 0. The fraction of sp³-hybridized carbons (Fsp3) is 0.862. The van der Waals surface area contributed by atoms with Crippen molar-refractivity contribution in [3.05, 3.63) is 0 Å². The molecule has 4 rings (SSSR count). The number of carboxylic acid groups (broad SMARTS) is 1. The normalized spacial score (nSPS) is 41.4. The van der Waals surface area contributed by atoms with E-state index in [0.717, 1.165) is 44.9 Å². The number of aliphatic carboxylic acids is 1. The van der Waals surface area contributed by atoms with Crippen molar-refractivity contribution in [1.29, 1.82) is 0 Å². The van der Waals surface area contributed by atoms with E-state index in [-0.39, 0.29) is 89.5 Å². The van der Waals surface area contributed by atoms with Gasteiger partial charge in [-0.25, -0.2) is 0 Å². The monoisotopic (exact) mass is 519 g/mol. The molecule has 0 aromatic rings. The molecule has 4 saturated carbocycles. The van der Waals surface area contributed by atoms with Gasteiger partial charge < -0.3 is 24.1 Å². The lowest BCUT2D eigenvalue weighted by molar-refractivity contribution is -0.306. The first-order valence-electron chi connectivity index (χ1n) is 14.1. The summed E-state index contributed by atoms with van der Waals surface area (Å²) in [7, 11) is 0. The van der Waals surface area contributed by atoms with Gasteiger partial charge in [0.15, 0.2) is 0 Å². The van der Waals surface area contributed by atoms with Gasteiger partial charge in [-0.2, -0.15) is 0 Å². The maximum Gasteiger partial charge on any atom is 0.302 e. The molecule has 208 valence electrons. The largest absolute Gasteiger partial charge is 0.550 e. The minimum absolute atomic E-state index is 0.0265. The number of esters is 3. The Balaban J connectivity index is 1.66. The van der Waals surface area contributed by atoms with Crippen molar-refractivity contribution in [2.24, 2.45) is 46.8 Å². The van der Waals surface area contributed by atoms with Crippen LogP contribution in [-0.4, -0.2) is 42.2 Å². The van der Waals surface area contributed by atoms with Gasteiger partial charge in [-0.15, -0.1) is 0 Å². The molecule has 4 fully saturated rings. The summed E-state index contributed by atoms with van der Waals surface area (Å²) in [6, 6.07) is 0. The van der Waals surface area contributed by atoms with E-state index in [0.29, 0.717) is 6.42 Å². The Kier molecular flexibility index (Phi) is 8.25. The number of carbonyl (C=O) groups is 4. The lowest BCUT2D eigenvalue weighted by Crippen LogP contribution is -2.60. The second-order valence-corrected chi connectivity index (χ2v) is 12.5. The predicted molar refractivity (Wildman–Crippen MR) is 131 cm³/mol. The molecule has 0 bridgehead atoms. The standard InChI is InChI=1S/C29H44O8/c1-15(6-9-26(33)34)21-7-8-22-27(21)25(37-18(4)32)14-23-28(22)24(36-17(3)31)13-19-12-20(35-16(2)30)10-11-29(19,23)5/h15,19-25,27-28H,6-14H2,1-5H3,(H,33,34)/p-1/t15-,19+,20?,21-,22-,23+,24?,25?,27?,28+,29+/m1/s1. The third-order valence-corrected chi connectivity index (χ3v) is 10.5. The van der Waals surface area contributed by atoms with Crippen LogP contribution in [0.4, 0.5) is 0 Å². The van der Waals surface area contributed by atoms with Crippen LogP contribution in [0, 0.1) is 46.8 Å². The predicted octanol–water partition coefficient (Wildman–Crippen LogP) is 3.44. The van der Waals surface area contributed by atoms with Crippen LogP contribution in [0.5, 0.6) is 0 Å². The number of rotatable bonds is 7. The number of hydrogen-bond acceptors (Lipinski definition) is 8. The van der Waals surface area contributed by atoms with Crippen LogP contribution in [0.3, 0.4) is 0 Å². The van der Waals surface area contributed by atoms with Gasteiger partial charge in [-0.3, -0.25) is 14.4 Å². The maximum absolute atomic E-state index is 12.2. The highest BCUT2D eigenvalue weighted by Gasteiger charge is 2.63. The van der Waals surface area contributed by atoms with Crippen LogP contribution >= 0.6 is 0 Å². The van der Waals surface area contributed by atoms with Crippen LogP contribution in [0.1, 0.15) is 92.4 Å². The third-order valence-electron chi connectivity index (χ3n) is 10.5. The molecule has 0 saturated heterocycles. The third kappa shape index (κ3) is 5.68. The Morgan fingerprint density at radius 2 is 1.49 bits per heavy atom. The molecule has 8 nitrogen and oxygen atoms in total. The molecule has 37 heavy (non-hydrogen) atoms. The van der Waals surface area contributed by atoms with E-state index >= 15 is 0 Å². The molecule has 8 heteroatoms. The average Bonchev–Trinajstić information content (AvgIpc) is 3.23. The van der Waals surface area contributed by atoms with Gasteiger partial charge in [0.25, 0.3) is 0 Å². The average molecular weight is 520 g/mol. The minimum atomic E-state index is -1.04. The Morgan fingerprint density at radius 3 is 2.08 bits per heavy atom. The number of carboxylic acids is 1. The van der Waals surface area contributed by atoms with Gasteiger partial charge in [-0.1, -0.05) is 13.8 Å². The van der Waals surface area contributed by atoms with E-state index < -0.39 is 5.97 Å². The van der Waals surface area contributed by atoms with Crippen molar-refractivity contribution in [2.75, 3.05) is 0 Å². The fourth-order valence-electron chi connectivity index (χ4n) is 9.11. The fourth-order valence-corrected chi connectivity index (χ4v) is 9.11. The van der Waals surface area contributed by atoms with Crippen LogP contribution in [0.15, 0.2) is 0 Å². The first-order valence-corrected chi connectivity index (χ1v) is 14.1. The zero-order valence-corrected chi connectivity index (χ0v) is 22.9. The minimum Gasteiger partial charge on any atom is -0.550 e. The summed E-state index contributed by atoms with van der Waals surface area (Å²) in [4.78, 5) is 47.3. The summed E-state index contributed by atoms with van der Waals surface area (Å²) in [5.41, 5.74) is -0.0278. The summed E-state index contributed by atoms with van der Waals surface area (Å²) >= 11 is 0. The van der Waals surface area contributed by atoms with Crippen LogP contribution < -0.4 is 5.11 Å². The molecule has 4 unspecified atom stereocenters. The zero-order chi connectivity index (χ0) is 27.1. The molecular weight excluding hydrogens is 476 g/mol. The number of fused-ring (bicyclic) bond motifs is 5. The molecule has 11 atom stereocenters. The van der Waals surface area contributed by atoms with E-state index in [1.54, 1.807) is 0 Å². The molecule has 4 aliphatic rings. The van der Waals surface area contributed by atoms with E-state index in [1.807, 2.05) is 0 Å². The molecule has 0 amide bonds. The van der Waals surface area contributed by atoms with Crippen LogP contribution in [0.25, 0.3) is 0 Å². The number of carbonyl (C=O) groups excluding carboxylic acids is 4. The van der Waals surface area contributed by atoms with Crippen molar-refractivity contribution in [2.45, 2.75) is 111 Å². The quantitative estimate of drug-likeness (QED) is 0.371. The highest BCUT2D eigenvalue weighted by molar-refractivity contribution is 5.67. The molecule has 0 aromatic carbocycles. The van der Waals surface area contributed by atoms with E-state index in [9.17, 15) is 24.3 Å². The van der Waals surface area contributed by atoms with Gasteiger partial charge in [0.2, 0.25) is 0 Å². The second-order valence-electron chi connectivity index (χ2n) is 12.5. The van der Waals surface area contributed by atoms with Crippen molar-refractivity contribution < 1.29 is 38.5 Å². The maximum atomic E-state index is 12.2. The molecule has 0 spiro atoms. The van der Waals surface area contributed by atoms with Crippen molar-refractivity contribution >= 4 is 23.9 Å². The van der Waals surface area contributed by atoms with Crippen molar-refractivity contribution in [3.63, 3.8) is 0 Å². The van der Waals surface area contributed by atoms with Gasteiger partial charge >= 0.3 is 17.9 Å². The highest BCUT2D eigenvalue weighted by Crippen LogP contribution is 2.65. The Morgan fingerprint density at radius 1 is 0.865 bits per heavy atom. The van der Waals surface area contributed by atoms with E-state index in [1.165, 1.54) is 20.8 Å². The first kappa shape index (κ1) is 27.9. The summed E-state index contributed by atoms with van der Waals surface area (Å²) < 4.78 is 17.7. The number of ether oxygens (including phenoxy) is 3. The van der Waals surface area contributed by atoms with Gasteiger partial charge in [0.05, 0.1) is 0 Å². The van der Waals surface area contributed by atoms with Crippen LogP contribution in [0.2, 0.25) is 0 Å². The summed E-state index contributed by atoms with van der Waals surface area (Å²) in [5.74, 6) is -0.459. The first-order chi connectivity index (χ1) is 17.4. The lowest BCUT2D eigenvalue weighted by atomic mass is 9.45. The molecule has 0 aliphatic heterocycles. The Labute approximate surface area is 220 Å². The van der Waals surface area contributed by atoms with E-state index in [2.05, 4.69) is 13.8 Å². The molecule has 0 aromatic heterocycles. The van der Waals surface area contributed by atoms with Crippen LogP contribution in [-0.2, 0) is 33.4 Å². The van der Waals surface area contributed by atoms with Crippen molar-refractivity contribution in [1.82, 2.24) is 0 Å². The summed E-state index contributed by atoms with van der Waals surface area (Å²) in [6.45, 7) is 8.81. The molecular formula is C29H43O8-. The Hall–Kier alpha value is -2.12. The van der Waals surface area contributed by atoms with Crippen molar-refractivity contribution in [3.8, 4) is 0 Å². The topological polar surface area (TPSA) is 119 Å². The molecule has 0 N–H and O–H groups in total. The summed E-state index contributed by atoms with van der Waals surface area (Å²) in [5, 5.41) is 11.1. The van der Waals surface area contributed by atoms with Gasteiger partial charge in [0, 0.05) is 38.6 Å². The molecule has 0 radical (unpaired) electrons. The lowest BCUT2D eigenvalue weighted by Gasteiger charge is -2.61. The highest BCUT2D eigenvalue weighted by atomic mass is 16.6. The van der Waals surface area contributed by atoms with Gasteiger partial charge in [0.1, 0.15) is 18.3 Å². The zero-order valence-electron chi connectivity index (χ0n) is 22.9. The second kappa shape index (κ2) is 10.9. The molecule has 0 heterocycles. The van der Waals surface area contributed by atoms with Gasteiger partial charge in [-0.05, 0) is 92.8 Å². The van der Waals surface area contributed by atoms with E-state index in [4.69, 9.17) is 14.2 Å².